The molecule has 2 rings (SSSR count). The molecule has 0 aliphatic rings. The molecule has 0 aliphatic heterocycles. The van der Waals surface area contributed by atoms with E-state index in [1.165, 1.54) is 4.90 Å². The predicted molar refractivity (Wildman–Crippen MR) is 67.8 cm³/mol. The first-order valence-corrected chi connectivity index (χ1v) is 5.33. The van der Waals surface area contributed by atoms with Crippen molar-refractivity contribution in [3.05, 3.63) is 60.2 Å². The van der Waals surface area contributed by atoms with Gasteiger partial charge in [0.1, 0.15) is 0 Å². The van der Waals surface area contributed by atoms with E-state index in [1.807, 2.05) is 43.3 Å². The zero-order chi connectivity index (χ0) is 12.3. The van der Waals surface area contributed by atoms with Crippen LogP contribution < -0.4 is 4.90 Å². The summed E-state index contributed by atoms with van der Waals surface area (Å²) in [6.45, 7) is 1.94. The Labute approximate surface area is 99.9 Å². The maximum Gasteiger partial charge on any atom is 0.416 e. The third kappa shape index (κ3) is 2.45. The Morgan fingerprint density at radius 2 is 1.65 bits per heavy atom. The summed E-state index contributed by atoms with van der Waals surface area (Å²) in [5.41, 5.74) is 2.33. The molecule has 1 amide bonds. The summed E-state index contributed by atoms with van der Waals surface area (Å²) < 4.78 is 0. The largest absolute Gasteiger partial charge is 0.464 e. The molecule has 0 heterocycles. The smallest absolute Gasteiger partial charge is 0.416 e. The van der Waals surface area contributed by atoms with Crippen molar-refractivity contribution >= 4 is 17.5 Å². The molecule has 3 heteroatoms. The van der Waals surface area contributed by atoms with Crippen molar-refractivity contribution in [1.29, 1.82) is 0 Å². The van der Waals surface area contributed by atoms with E-state index in [2.05, 4.69) is 0 Å². The highest BCUT2D eigenvalue weighted by Crippen LogP contribution is 2.25. The summed E-state index contributed by atoms with van der Waals surface area (Å²) in [6, 6.07) is 16.5. The number of benzene rings is 2. The Bertz CT molecular complexity index is 523. The van der Waals surface area contributed by atoms with Gasteiger partial charge in [-0.1, -0.05) is 30.3 Å². The highest BCUT2D eigenvalue weighted by atomic mass is 16.4. The number of hydrogen-bond donors (Lipinski definition) is 1. The van der Waals surface area contributed by atoms with E-state index in [1.54, 1.807) is 18.2 Å². The average molecular weight is 227 g/mol. The highest BCUT2D eigenvalue weighted by Gasteiger charge is 2.16. The first-order chi connectivity index (χ1) is 8.18. The molecule has 2 aromatic rings. The van der Waals surface area contributed by atoms with E-state index >= 15 is 0 Å². The van der Waals surface area contributed by atoms with Crippen molar-refractivity contribution in [2.24, 2.45) is 0 Å². The summed E-state index contributed by atoms with van der Waals surface area (Å²) in [5, 5.41) is 9.30. The van der Waals surface area contributed by atoms with Gasteiger partial charge in [0.15, 0.2) is 0 Å². The number of anilines is 2. The fraction of sp³-hybridized carbons (Fsp3) is 0.0714. The second-order valence-electron chi connectivity index (χ2n) is 3.79. The van der Waals surface area contributed by atoms with E-state index in [-0.39, 0.29) is 0 Å². The van der Waals surface area contributed by atoms with Crippen LogP contribution in [0.4, 0.5) is 16.2 Å². The van der Waals surface area contributed by atoms with Crippen molar-refractivity contribution in [3.63, 3.8) is 0 Å². The molecule has 0 unspecified atom stereocenters. The normalized spacial score (nSPS) is 9.94. The Morgan fingerprint density at radius 1 is 1.00 bits per heavy atom. The Balaban J connectivity index is 2.47. The van der Waals surface area contributed by atoms with Gasteiger partial charge in [-0.15, -0.1) is 0 Å². The maximum atomic E-state index is 11.3. The minimum Gasteiger partial charge on any atom is -0.464 e. The monoisotopic (exact) mass is 227 g/mol. The van der Waals surface area contributed by atoms with Crippen molar-refractivity contribution < 1.29 is 9.90 Å². The van der Waals surface area contributed by atoms with Crippen LogP contribution in [0.3, 0.4) is 0 Å². The van der Waals surface area contributed by atoms with E-state index in [9.17, 15) is 9.90 Å². The van der Waals surface area contributed by atoms with Gasteiger partial charge in [0, 0.05) is 0 Å². The van der Waals surface area contributed by atoms with Crippen LogP contribution in [-0.2, 0) is 0 Å². The predicted octanol–water partition coefficient (Wildman–Crippen LogP) is 3.81. The van der Waals surface area contributed by atoms with Crippen molar-refractivity contribution in [3.8, 4) is 0 Å². The first-order valence-electron chi connectivity index (χ1n) is 5.33. The van der Waals surface area contributed by atoms with Gasteiger partial charge >= 0.3 is 6.09 Å². The van der Waals surface area contributed by atoms with Crippen LogP contribution in [0.1, 0.15) is 5.56 Å². The number of aryl methyl sites for hydroxylation is 1. The fourth-order valence-corrected chi connectivity index (χ4v) is 1.71. The van der Waals surface area contributed by atoms with E-state index < -0.39 is 6.09 Å². The lowest BCUT2D eigenvalue weighted by atomic mass is 10.2. The second kappa shape index (κ2) is 4.70. The van der Waals surface area contributed by atoms with Gasteiger partial charge in [0.25, 0.3) is 0 Å². The second-order valence-corrected chi connectivity index (χ2v) is 3.79. The molecular weight excluding hydrogens is 214 g/mol. The molecule has 2 aromatic carbocycles. The summed E-state index contributed by atoms with van der Waals surface area (Å²) in [7, 11) is 0. The summed E-state index contributed by atoms with van der Waals surface area (Å²) >= 11 is 0. The Morgan fingerprint density at radius 3 is 2.24 bits per heavy atom. The molecule has 0 spiro atoms. The lowest BCUT2D eigenvalue weighted by molar-refractivity contribution is 0.205. The molecular formula is C14H13NO2. The Hall–Kier alpha value is -2.29. The van der Waals surface area contributed by atoms with Gasteiger partial charge in [-0.25, -0.2) is 9.69 Å². The molecule has 0 saturated carbocycles. The van der Waals surface area contributed by atoms with E-state index in [4.69, 9.17) is 0 Å². The Kier molecular flexibility index (Phi) is 3.10. The number of amides is 1. The SMILES string of the molecule is Cc1cccc(N(C(=O)O)c2ccccc2)c1. The molecule has 0 aromatic heterocycles. The van der Waals surface area contributed by atoms with E-state index in [0.29, 0.717) is 11.4 Å². The van der Waals surface area contributed by atoms with Crippen LogP contribution >= 0.6 is 0 Å². The van der Waals surface area contributed by atoms with Crippen LogP contribution in [0, 0.1) is 6.92 Å². The average Bonchev–Trinajstić information content (AvgIpc) is 2.30. The van der Waals surface area contributed by atoms with Crippen LogP contribution in [0.25, 0.3) is 0 Å². The zero-order valence-electron chi connectivity index (χ0n) is 9.50. The van der Waals surface area contributed by atoms with Crippen LogP contribution in [0.2, 0.25) is 0 Å². The minimum absolute atomic E-state index is 0.644. The van der Waals surface area contributed by atoms with Crippen molar-refractivity contribution in [2.75, 3.05) is 4.90 Å². The third-order valence-electron chi connectivity index (χ3n) is 2.47. The standard InChI is InChI=1S/C14H13NO2/c1-11-6-5-9-13(10-11)15(14(16)17)12-7-3-2-4-8-12/h2-10H,1H3,(H,16,17). The molecule has 0 aliphatic carbocycles. The highest BCUT2D eigenvalue weighted by molar-refractivity contribution is 5.94. The summed E-state index contributed by atoms with van der Waals surface area (Å²) in [6.07, 6.45) is -0.984. The number of rotatable bonds is 2. The molecule has 0 fully saturated rings. The van der Waals surface area contributed by atoms with Gasteiger partial charge in [-0.3, -0.25) is 0 Å². The molecule has 1 N–H and O–H groups in total. The van der Waals surface area contributed by atoms with Crippen LogP contribution in [0.5, 0.6) is 0 Å². The number of carboxylic acid groups (broad SMARTS) is 1. The van der Waals surface area contributed by atoms with Gasteiger partial charge in [0.2, 0.25) is 0 Å². The zero-order valence-corrected chi connectivity index (χ0v) is 9.50. The van der Waals surface area contributed by atoms with Crippen LogP contribution in [-0.4, -0.2) is 11.2 Å². The molecule has 0 radical (unpaired) electrons. The lowest BCUT2D eigenvalue weighted by Crippen LogP contribution is -2.23. The molecule has 3 nitrogen and oxygen atoms in total. The molecule has 86 valence electrons. The van der Waals surface area contributed by atoms with Gasteiger partial charge < -0.3 is 5.11 Å². The first kappa shape index (κ1) is 11.2. The van der Waals surface area contributed by atoms with Gasteiger partial charge in [0.05, 0.1) is 11.4 Å². The molecule has 0 bridgehead atoms. The number of para-hydroxylation sites is 1. The fourth-order valence-electron chi connectivity index (χ4n) is 1.71. The topological polar surface area (TPSA) is 40.5 Å². The number of hydrogen-bond acceptors (Lipinski definition) is 1. The third-order valence-corrected chi connectivity index (χ3v) is 2.47. The number of nitrogens with zero attached hydrogens (tertiary/aromatic N) is 1. The summed E-state index contributed by atoms with van der Waals surface area (Å²) in [4.78, 5) is 12.6. The van der Waals surface area contributed by atoms with Gasteiger partial charge in [-0.2, -0.15) is 0 Å². The van der Waals surface area contributed by atoms with Gasteiger partial charge in [-0.05, 0) is 36.8 Å². The minimum atomic E-state index is -0.984. The summed E-state index contributed by atoms with van der Waals surface area (Å²) in [5.74, 6) is 0. The quantitative estimate of drug-likeness (QED) is 0.847. The molecule has 17 heavy (non-hydrogen) atoms. The molecule has 0 saturated heterocycles. The van der Waals surface area contributed by atoms with Crippen LogP contribution in [0.15, 0.2) is 54.6 Å². The number of carbonyl (C=O) groups is 1. The maximum absolute atomic E-state index is 11.3. The molecule has 0 atom stereocenters. The van der Waals surface area contributed by atoms with E-state index in [0.717, 1.165) is 5.56 Å². The van der Waals surface area contributed by atoms with Crippen molar-refractivity contribution in [1.82, 2.24) is 0 Å². The van der Waals surface area contributed by atoms with Crippen molar-refractivity contribution in [2.45, 2.75) is 6.92 Å². The lowest BCUT2D eigenvalue weighted by Gasteiger charge is -2.19.